The third-order valence-corrected chi connectivity index (χ3v) is 2.78. The summed E-state index contributed by atoms with van der Waals surface area (Å²) in [6.07, 6.45) is -0.566. The van der Waals surface area contributed by atoms with Crippen molar-refractivity contribution in [3.05, 3.63) is 0 Å². The molecule has 0 saturated carbocycles. The van der Waals surface area contributed by atoms with Crippen LogP contribution in [0.15, 0.2) is 0 Å². The molecule has 7 nitrogen and oxygen atoms in total. The Bertz CT molecular complexity index is 340. The standard InChI is InChI=1S/2C5H7O3.O.Ti/c2*1-4(7)2-5(8)3-6;;/h2*2-3H2,1H3;;/q2*-1;;+2. The second-order valence-electron chi connectivity index (χ2n) is 3.66. The average molecular weight is 294 g/mol. The molecule has 0 aromatic heterocycles. The van der Waals surface area contributed by atoms with Crippen LogP contribution in [0.4, 0.5) is 0 Å². The zero-order chi connectivity index (χ0) is 14.1. The molecule has 0 amide bonds. The summed E-state index contributed by atoms with van der Waals surface area (Å²) in [7, 11) is 0. The van der Waals surface area contributed by atoms with Crippen LogP contribution in [0.5, 0.6) is 0 Å². The Hall–Kier alpha value is -0.886. The van der Waals surface area contributed by atoms with Crippen molar-refractivity contribution in [1.82, 2.24) is 0 Å². The van der Waals surface area contributed by atoms with E-state index in [0.29, 0.717) is 0 Å². The molecule has 0 rings (SSSR count). The Labute approximate surface area is 111 Å². The molecule has 18 heavy (non-hydrogen) atoms. The predicted molar refractivity (Wildman–Crippen MR) is 53.2 cm³/mol. The third kappa shape index (κ3) is 10.3. The average Bonchev–Trinajstić information content (AvgIpc) is 2.21. The van der Waals surface area contributed by atoms with Crippen LogP contribution < -0.4 is 0 Å². The number of hydrogen-bond donors (Lipinski definition) is 0. The summed E-state index contributed by atoms with van der Waals surface area (Å²) in [5, 5.41) is 0. The molecule has 0 atom stereocenters. The number of carbonyl (C=O) groups excluding carboxylic acids is 4. The Balaban J connectivity index is 3.78. The molecule has 0 N–H and O–H groups in total. The molecule has 0 saturated heterocycles. The van der Waals surface area contributed by atoms with Gasteiger partial charge in [0, 0.05) is 0 Å². The summed E-state index contributed by atoms with van der Waals surface area (Å²) in [5.74, 6) is -1.62. The first-order chi connectivity index (χ1) is 8.31. The number of ketones is 4. The van der Waals surface area contributed by atoms with Gasteiger partial charge in [0.1, 0.15) is 0 Å². The van der Waals surface area contributed by atoms with Crippen LogP contribution in [0.2, 0.25) is 0 Å². The quantitative estimate of drug-likeness (QED) is 0.409. The summed E-state index contributed by atoms with van der Waals surface area (Å²) < 4.78 is 20.4. The number of Topliss-reactive ketones (excluding diaryl/α,β-unsaturated/α-hetero) is 4. The van der Waals surface area contributed by atoms with E-state index in [2.05, 4.69) is 6.64 Å². The fourth-order valence-electron chi connectivity index (χ4n) is 0.978. The normalized spacial score (nSPS) is 9.89. The van der Waals surface area contributed by atoms with Crippen molar-refractivity contribution in [3.63, 3.8) is 0 Å². The van der Waals surface area contributed by atoms with E-state index >= 15 is 0 Å². The first kappa shape index (κ1) is 17.1. The fourth-order valence-corrected chi connectivity index (χ4v) is 1.98. The van der Waals surface area contributed by atoms with Gasteiger partial charge in [0.2, 0.25) is 0 Å². The topological polar surface area (TPSA) is 104 Å². The van der Waals surface area contributed by atoms with Crippen LogP contribution in [0.3, 0.4) is 0 Å². The summed E-state index contributed by atoms with van der Waals surface area (Å²) >= 11 is -3.59. The Kier molecular flexibility index (Phi) is 8.65. The Morgan fingerprint density at radius 3 is 1.44 bits per heavy atom. The van der Waals surface area contributed by atoms with E-state index in [-0.39, 0.29) is 24.4 Å². The molecule has 8 heteroatoms. The van der Waals surface area contributed by atoms with Gasteiger partial charge in [0.25, 0.3) is 0 Å². The van der Waals surface area contributed by atoms with Crippen molar-refractivity contribution < 1.29 is 47.8 Å². The van der Waals surface area contributed by atoms with Gasteiger partial charge in [-0.2, -0.15) is 0 Å². The van der Waals surface area contributed by atoms with Crippen molar-refractivity contribution in [2.45, 2.75) is 26.7 Å². The van der Waals surface area contributed by atoms with E-state index in [1.807, 2.05) is 0 Å². The van der Waals surface area contributed by atoms with Crippen LogP contribution in [-0.2, 0) is 47.8 Å². The number of carbonyl (C=O) groups is 4. The van der Waals surface area contributed by atoms with Crippen molar-refractivity contribution in [1.29, 1.82) is 0 Å². The van der Waals surface area contributed by atoms with E-state index in [0.717, 1.165) is 0 Å². The summed E-state index contributed by atoms with van der Waals surface area (Å²) in [6.45, 7) is 1.56. The molecular formula is C10H14O7Ti. The molecule has 0 aromatic rings. The van der Waals surface area contributed by atoms with Gasteiger partial charge >= 0.3 is 111 Å². The van der Waals surface area contributed by atoms with Gasteiger partial charge in [-0.1, -0.05) is 0 Å². The molecule has 0 aliphatic carbocycles. The van der Waals surface area contributed by atoms with Gasteiger partial charge in [-0.25, -0.2) is 0 Å². The third-order valence-electron chi connectivity index (χ3n) is 1.59. The van der Waals surface area contributed by atoms with Crippen molar-refractivity contribution in [2.75, 3.05) is 13.2 Å². The fraction of sp³-hybridized carbons (Fsp3) is 0.600. The van der Waals surface area contributed by atoms with Gasteiger partial charge in [-0.3, -0.25) is 0 Å². The van der Waals surface area contributed by atoms with E-state index in [4.69, 9.17) is 0 Å². The zero-order valence-corrected chi connectivity index (χ0v) is 11.7. The summed E-state index contributed by atoms with van der Waals surface area (Å²) in [6, 6.07) is 0. The molecule has 0 bridgehead atoms. The van der Waals surface area contributed by atoms with E-state index < -0.39 is 43.4 Å². The molecule has 0 fully saturated rings. The van der Waals surface area contributed by atoms with Gasteiger partial charge in [-0.15, -0.1) is 0 Å². The molecular weight excluding hydrogens is 280 g/mol. The van der Waals surface area contributed by atoms with Gasteiger partial charge in [0.05, 0.1) is 0 Å². The summed E-state index contributed by atoms with van der Waals surface area (Å²) in [4.78, 5) is 43.2. The summed E-state index contributed by atoms with van der Waals surface area (Å²) in [5.41, 5.74) is 0. The molecule has 100 valence electrons. The minimum absolute atomic E-state index is 0.283. The van der Waals surface area contributed by atoms with E-state index in [9.17, 15) is 22.5 Å². The van der Waals surface area contributed by atoms with Crippen LogP contribution in [-0.4, -0.2) is 36.3 Å². The molecule has 0 aliphatic rings. The van der Waals surface area contributed by atoms with Crippen LogP contribution >= 0.6 is 0 Å². The van der Waals surface area contributed by atoms with Crippen molar-refractivity contribution in [2.24, 2.45) is 0 Å². The molecule has 0 aliphatic heterocycles. The molecule has 0 spiro atoms. The number of rotatable bonds is 10. The van der Waals surface area contributed by atoms with E-state index in [1.165, 1.54) is 13.8 Å². The van der Waals surface area contributed by atoms with Crippen molar-refractivity contribution in [3.8, 4) is 0 Å². The second-order valence-corrected chi connectivity index (χ2v) is 5.34. The molecule has 0 unspecified atom stereocenters. The van der Waals surface area contributed by atoms with E-state index in [1.54, 1.807) is 0 Å². The van der Waals surface area contributed by atoms with Gasteiger partial charge in [0.15, 0.2) is 0 Å². The van der Waals surface area contributed by atoms with Crippen LogP contribution in [0.25, 0.3) is 0 Å². The second kappa shape index (κ2) is 9.10. The Morgan fingerprint density at radius 2 is 1.17 bits per heavy atom. The monoisotopic (exact) mass is 294 g/mol. The SMILES string of the molecule is CC(=O)CC(=O)C[O][Ti](=[O])[O]CC(=O)CC(C)=O. The predicted octanol–water partition coefficient (Wildman–Crippen LogP) is -0.0903. The van der Waals surface area contributed by atoms with Crippen LogP contribution in [0, 0.1) is 0 Å². The molecule has 0 aromatic carbocycles. The zero-order valence-electron chi connectivity index (χ0n) is 10.2. The Morgan fingerprint density at radius 1 is 0.833 bits per heavy atom. The first-order valence-electron chi connectivity index (χ1n) is 5.13. The van der Waals surface area contributed by atoms with Crippen LogP contribution in [0.1, 0.15) is 26.7 Å². The molecule has 0 radical (unpaired) electrons. The maximum atomic E-state index is 11.2. The van der Waals surface area contributed by atoms with Gasteiger partial charge in [-0.05, 0) is 0 Å². The first-order valence-corrected chi connectivity index (χ1v) is 7.04. The number of hydrogen-bond acceptors (Lipinski definition) is 7. The van der Waals surface area contributed by atoms with Gasteiger partial charge < -0.3 is 0 Å². The molecule has 0 heterocycles. The maximum absolute atomic E-state index is 11.2. The van der Waals surface area contributed by atoms with Crippen molar-refractivity contribution >= 4 is 23.1 Å². The minimum atomic E-state index is -3.59.